The largest absolute Gasteiger partial charge is 0.313 e. The first-order valence-corrected chi connectivity index (χ1v) is 9.16. The zero-order chi connectivity index (χ0) is 16.4. The third kappa shape index (κ3) is 3.35. The van der Waals surface area contributed by atoms with Gasteiger partial charge in [-0.2, -0.15) is 4.31 Å². The number of hydrogen-bond acceptors (Lipinski definition) is 4. The second-order valence-electron chi connectivity index (χ2n) is 5.83. The fourth-order valence-corrected chi connectivity index (χ4v) is 4.60. The van der Waals surface area contributed by atoms with E-state index in [9.17, 15) is 13.2 Å². The molecule has 0 aliphatic carbocycles. The maximum absolute atomic E-state index is 12.7. The van der Waals surface area contributed by atoms with E-state index in [4.69, 9.17) is 0 Å². The molecule has 7 heteroatoms. The second-order valence-corrected chi connectivity index (χ2v) is 7.84. The number of nitrogens with zero attached hydrogens (tertiary/aromatic N) is 2. The van der Waals surface area contributed by atoms with Crippen LogP contribution in [0, 0.1) is 0 Å². The molecule has 0 fully saturated rings. The van der Waals surface area contributed by atoms with E-state index in [0.717, 1.165) is 5.56 Å². The molecule has 122 valence electrons. The minimum atomic E-state index is -3.41. The lowest BCUT2D eigenvalue weighted by Crippen LogP contribution is -2.40. The summed E-state index contributed by atoms with van der Waals surface area (Å²) in [5.41, 5.74) is 1.97. The van der Waals surface area contributed by atoms with Gasteiger partial charge in [-0.1, -0.05) is 37.3 Å². The summed E-state index contributed by atoms with van der Waals surface area (Å²) >= 11 is 0. The van der Waals surface area contributed by atoms with Crippen LogP contribution in [0.1, 0.15) is 29.7 Å². The van der Waals surface area contributed by atoms with Crippen molar-refractivity contribution >= 4 is 10.0 Å². The van der Waals surface area contributed by atoms with Gasteiger partial charge in [0.1, 0.15) is 0 Å². The molecule has 1 aromatic carbocycles. The van der Waals surface area contributed by atoms with E-state index in [1.54, 1.807) is 0 Å². The number of sulfonamides is 1. The molecule has 0 amide bonds. The molecular weight excluding hydrogens is 314 g/mol. The van der Waals surface area contributed by atoms with Crippen LogP contribution in [0.3, 0.4) is 0 Å². The molecule has 0 saturated heterocycles. The third-order valence-corrected chi connectivity index (χ3v) is 6.22. The topological polar surface area (TPSA) is 83.1 Å². The highest BCUT2D eigenvalue weighted by molar-refractivity contribution is 7.89. The molecule has 0 saturated carbocycles. The third-order valence-electron chi connectivity index (χ3n) is 4.20. The summed E-state index contributed by atoms with van der Waals surface area (Å²) in [6.07, 6.45) is 1.72. The van der Waals surface area contributed by atoms with E-state index in [1.165, 1.54) is 10.6 Å². The van der Waals surface area contributed by atoms with Crippen LogP contribution in [0.15, 0.2) is 41.5 Å². The summed E-state index contributed by atoms with van der Waals surface area (Å²) in [4.78, 5) is 18.4. The quantitative estimate of drug-likeness (QED) is 0.913. The number of aromatic nitrogens is 2. The van der Waals surface area contributed by atoms with Gasteiger partial charge in [0.05, 0.1) is 24.3 Å². The molecule has 0 radical (unpaired) electrons. The molecule has 6 nitrogen and oxygen atoms in total. The molecule has 3 rings (SSSR count). The van der Waals surface area contributed by atoms with Crippen molar-refractivity contribution in [2.45, 2.75) is 25.8 Å². The monoisotopic (exact) mass is 333 g/mol. The normalized spacial score (nSPS) is 16.7. The molecule has 0 spiro atoms. The van der Waals surface area contributed by atoms with Crippen molar-refractivity contribution in [3.05, 3.63) is 63.8 Å². The molecule has 0 unspecified atom stereocenters. The lowest BCUT2D eigenvalue weighted by atomic mass is 10.0. The lowest BCUT2D eigenvalue weighted by Gasteiger charge is -2.27. The molecule has 1 N–H and O–H groups in total. The van der Waals surface area contributed by atoms with Crippen LogP contribution < -0.4 is 5.56 Å². The highest BCUT2D eigenvalue weighted by atomic mass is 32.2. The minimum Gasteiger partial charge on any atom is -0.313 e. The van der Waals surface area contributed by atoms with E-state index in [2.05, 4.69) is 9.97 Å². The number of nitrogens with one attached hydrogen (secondary N) is 1. The molecule has 1 aliphatic heterocycles. The van der Waals surface area contributed by atoms with Crippen LogP contribution in [-0.4, -0.2) is 35.0 Å². The Balaban J connectivity index is 1.78. The van der Waals surface area contributed by atoms with Gasteiger partial charge in [0, 0.05) is 12.1 Å². The average Bonchev–Trinajstić information content (AvgIpc) is 2.55. The van der Waals surface area contributed by atoms with Crippen molar-refractivity contribution in [1.82, 2.24) is 14.3 Å². The Bertz CT molecular complexity index is 846. The molecular formula is C16H19N3O3S. The van der Waals surface area contributed by atoms with Gasteiger partial charge in [-0.05, 0) is 17.9 Å². The van der Waals surface area contributed by atoms with Crippen LogP contribution >= 0.6 is 0 Å². The molecule has 1 aliphatic rings. The number of fused-ring (bicyclic) bond motifs is 1. The van der Waals surface area contributed by atoms with Gasteiger partial charge < -0.3 is 4.98 Å². The Hall–Kier alpha value is -1.99. The molecule has 2 heterocycles. The molecule has 2 aromatic rings. The van der Waals surface area contributed by atoms with E-state index in [1.807, 2.05) is 37.3 Å². The number of hydrogen-bond donors (Lipinski definition) is 1. The smallest absolute Gasteiger partial charge is 0.254 e. The van der Waals surface area contributed by atoms with Crippen molar-refractivity contribution in [3.8, 4) is 0 Å². The summed E-state index contributed by atoms with van der Waals surface area (Å²) < 4.78 is 26.8. The van der Waals surface area contributed by atoms with Gasteiger partial charge in [0.15, 0.2) is 0 Å². The van der Waals surface area contributed by atoms with Crippen LogP contribution in [0.2, 0.25) is 0 Å². The van der Waals surface area contributed by atoms with E-state index < -0.39 is 10.0 Å². The number of H-pyrrole nitrogens is 1. The Kier molecular flexibility index (Phi) is 4.32. The summed E-state index contributed by atoms with van der Waals surface area (Å²) in [7, 11) is -3.41. The molecule has 1 aromatic heterocycles. The minimum absolute atomic E-state index is 0.0511. The van der Waals surface area contributed by atoms with Crippen molar-refractivity contribution in [2.24, 2.45) is 0 Å². The highest BCUT2D eigenvalue weighted by Crippen LogP contribution is 2.22. The first kappa shape index (κ1) is 15.9. The zero-order valence-electron chi connectivity index (χ0n) is 12.9. The maximum Gasteiger partial charge on any atom is 0.254 e. The van der Waals surface area contributed by atoms with Gasteiger partial charge in [-0.3, -0.25) is 4.79 Å². The Morgan fingerprint density at radius 1 is 1.30 bits per heavy atom. The SMILES string of the molecule is C[C@H](CS(=O)(=O)N1CCc2c(nc[nH]c2=O)C1)c1ccccc1. The summed E-state index contributed by atoms with van der Waals surface area (Å²) in [6.45, 7) is 2.41. The lowest BCUT2D eigenvalue weighted by molar-refractivity contribution is 0.382. The van der Waals surface area contributed by atoms with Crippen LogP contribution in [-0.2, 0) is 23.0 Å². The number of benzene rings is 1. The van der Waals surface area contributed by atoms with Crippen LogP contribution in [0.4, 0.5) is 0 Å². The predicted molar refractivity (Wildman–Crippen MR) is 87.6 cm³/mol. The van der Waals surface area contributed by atoms with Crippen LogP contribution in [0.25, 0.3) is 0 Å². The second kappa shape index (κ2) is 6.25. The van der Waals surface area contributed by atoms with Crippen molar-refractivity contribution in [2.75, 3.05) is 12.3 Å². The molecule has 0 bridgehead atoms. The van der Waals surface area contributed by atoms with Gasteiger partial charge in [-0.25, -0.2) is 13.4 Å². The molecule has 23 heavy (non-hydrogen) atoms. The summed E-state index contributed by atoms with van der Waals surface area (Å²) in [6, 6.07) is 9.60. The Labute approximate surface area is 135 Å². The maximum atomic E-state index is 12.7. The van der Waals surface area contributed by atoms with Crippen molar-refractivity contribution in [3.63, 3.8) is 0 Å². The highest BCUT2D eigenvalue weighted by Gasteiger charge is 2.30. The van der Waals surface area contributed by atoms with Gasteiger partial charge in [0.2, 0.25) is 10.0 Å². The standard InChI is InChI=1S/C16H19N3O3S/c1-12(13-5-3-2-4-6-13)10-23(21,22)19-8-7-14-15(9-19)17-11-18-16(14)20/h2-6,11-12H,7-10H2,1H3,(H,17,18,20)/t12-/m1/s1. The first-order chi connectivity index (χ1) is 11.0. The van der Waals surface area contributed by atoms with Gasteiger partial charge in [-0.15, -0.1) is 0 Å². The Morgan fingerprint density at radius 3 is 2.78 bits per heavy atom. The fraction of sp³-hybridized carbons (Fsp3) is 0.375. The number of aromatic amines is 1. The summed E-state index contributed by atoms with van der Waals surface area (Å²) in [5.74, 6) is -0.0371. The van der Waals surface area contributed by atoms with E-state index in [-0.39, 0.29) is 23.8 Å². The van der Waals surface area contributed by atoms with E-state index >= 15 is 0 Å². The van der Waals surface area contributed by atoms with E-state index in [0.29, 0.717) is 24.2 Å². The zero-order valence-corrected chi connectivity index (χ0v) is 13.7. The summed E-state index contributed by atoms with van der Waals surface area (Å²) in [5, 5.41) is 0. The fourth-order valence-electron chi connectivity index (χ4n) is 2.88. The molecule has 1 atom stereocenters. The van der Waals surface area contributed by atoms with Crippen LogP contribution in [0.5, 0.6) is 0 Å². The number of rotatable bonds is 4. The Morgan fingerprint density at radius 2 is 2.04 bits per heavy atom. The predicted octanol–water partition coefficient (Wildman–Crippen LogP) is 1.26. The van der Waals surface area contributed by atoms with Crippen molar-refractivity contribution < 1.29 is 8.42 Å². The van der Waals surface area contributed by atoms with Gasteiger partial charge >= 0.3 is 0 Å². The van der Waals surface area contributed by atoms with Gasteiger partial charge in [0.25, 0.3) is 5.56 Å². The van der Waals surface area contributed by atoms with Crippen molar-refractivity contribution in [1.29, 1.82) is 0 Å². The first-order valence-electron chi connectivity index (χ1n) is 7.55. The average molecular weight is 333 g/mol.